The number of halogens is 3. The van der Waals surface area contributed by atoms with Crippen LogP contribution in [0.1, 0.15) is 21.7 Å². The Labute approximate surface area is 187 Å². The number of hydrogen-bond acceptors (Lipinski definition) is 5. The number of carbonyl (C=O) groups is 1. The molecule has 4 heterocycles. The Hall–Kier alpha value is -4.21. The maximum Gasteiger partial charge on any atom is 0.433 e. The fraction of sp³-hybridized carbons (Fsp3) is 0.130. The molecule has 33 heavy (non-hydrogen) atoms. The summed E-state index contributed by atoms with van der Waals surface area (Å²) >= 11 is 0. The molecule has 0 spiro atoms. The molecule has 4 rings (SSSR count). The van der Waals surface area contributed by atoms with Crippen molar-refractivity contribution < 1.29 is 22.5 Å². The number of alkyl halides is 3. The first-order chi connectivity index (χ1) is 15.8. The van der Waals surface area contributed by atoms with Crippen LogP contribution in [0.15, 0.2) is 73.6 Å². The van der Waals surface area contributed by atoms with Crippen molar-refractivity contribution in [3.8, 4) is 22.5 Å². The third-order valence-corrected chi connectivity index (χ3v) is 4.76. The predicted octanol–water partition coefficient (Wildman–Crippen LogP) is 3.37. The van der Waals surface area contributed by atoms with Gasteiger partial charge in [0.1, 0.15) is 24.1 Å². The van der Waals surface area contributed by atoms with E-state index in [9.17, 15) is 18.0 Å². The highest BCUT2D eigenvalue weighted by Crippen LogP contribution is 2.29. The lowest BCUT2D eigenvalue weighted by atomic mass is 10.1. The second-order valence-corrected chi connectivity index (χ2v) is 7.20. The maximum absolute atomic E-state index is 12.9. The van der Waals surface area contributed by atoms with E-state index in [0.29, 0.717) is 16.8 Å². The first-order valence-electron chi connectivity index (χ1n) is 9.84. The fourth-order valence-corrected chi connectivity index (χ4v) is 3.03. The summed E-state index contributed by atoms with van der Waals surface area (Å²) in [6.07, 6.45) is 5.00. The minimum absolute atomic E-state index is 0.190. The molecule has 4 aromatic heterocycles. The van der Waals surface area contributed by atoms with E-state index >= 15 is 0 Å². The van der Waals surface area contributed by atoms with Crippen LogP contribution in [0.4, 0.5) is 13.2 Å². The molecule has 7 nitrogen and oxygen atoms in total. The van der Waals surface area contributed by atoms with Gasteiger partial charge in [0.2, 0.25) is 0 Å². The first-order valence-corrected chi connectivity index (χ1v) is 9.84. The van der Waals surface area contributed by atoms with Gasteiger partial charge in [-0.15, -0.1) is 0 Å². The normalized spacial score (nSPS) is 11.3. The van der Waals surface area contributed by atoms with E-state index < -0.39 is 11.9 Å². The number of pyridine rings is 3. The molecular weight excluding hydrogens is 433 g/mol. The fourth-order valence-electron chi connectivity index (χ4n) is 3.03. The van der Waals surface area contributed by atoms with E-state index in [-0.39, 0.29) is 18.1 Å². The second kappa shape index (κ2) is 9.11. The zero-order chi connectivity index (χ0) is 23.4. The van der Waals surface area contributed by atoms with Crippen LogP contribution in [0.3, 0.4) is 0 Å². The molecule has 0 aliphatic carbocycles. The first kappa shape index (κ1) is 22.0. The zero-order valence-electron chi connectivity index (χ0n) is 17.4. The maximum atomic E-state index is 12.9. The van der Waals surface area contributed by atoms with Crippen LogP contribution in [0.2, 0.25) is 0 Å². The van der Waals surface area contributed by atoms with Crippen molar-refractivity contribution in [1.29, 1.82) is 0 Å². The van der Waals surface area contributed by atoms with Crippen molar-refractivity contribution in [2.24, 2.45) is 7.05 Å². The molecule has 0 saturated heterocycles. The minimum Gasteiger partial charge on any atom is -0.347 e. The van der Waals surface area contributed by atoms with Gasteiger partial charge in [-0.2, -0.15) is 13.2 Å². The van der Waals surface area contributed by atoms with E-state index in [4.69, 9.17) is 0 Å². The summed E-state index contributed by atoms with van der Waals surface area (Å²) in [7, 11) is 1.89. The van der Waals surface area contributed by atoms with Crippen molar-refractivity contribution in [1.82, 2.24) is 25.3 Å². The second-order valence-electron chi connectivity index (χ2n) is 7.20. The van der Waals surface area contributed by atoms with Crippen molar-refractivity contribution in [2.45, 2.75) is 12.7 Å². The number of nitrogens with zero attached hydrogens (tertiary/aromatic N) is 5. The van der Waals surface area contributed by atoms with Crippen LogP contribution >= 0.6 is 0 Å². The van der Waals surface area contributed by atoms with Crippen LogP contribution in [0.25, 0.3) is 22.5 Å². The third-order valence-electron chi connectivity index (χ3n) is 4.76. The molecular formula is C23H18F3N6O+. The Bertz CT molecular complexity index is 1270. The molecule has 0 fully saturated rings. The van der Waals surface area contributed by atoms with Crippen LogP contribution in [0.5, 0.6) is 0 Å². The Morgan fingerprint density at radius 3 is 2.45 bits per heavy atom. The SMILES string of the molecule is C[n+]1ccnc(-c2ccc(C(=O)NCc3ccc(-c4ccnc(C(F)(F)F)c4)nc3)nc2)c1. The van der Waals surface area contributed by atoms with Gasteiger partial charge in [0.15, 0.2) is 12.4 Å². The van der Waals surface area contributed by atoms with Gasteiger partial charge in [0, 0.05) is 36.3 Å². The number of nitrogens with one attached hydrogen (secondary N) is 1. The highest BCUT2D eigenvalue weighted by Gasteiger charge is 2.32. The molecule has 1 amide bonds. The van der Waals surface area contributed by atoms with E-state index in [1.54, 1.807) is 36.7 Å². The number of carbonyl (C=O) groups excluding carboxylic acids is 1. The molecule has 0 aliphatic rings. The number of hydrogen-bond donors (Lipinski definition) is 1. The lowest BCUT2D eigenvalue weighted by Gasteiger charge is -2.08. The topological polar surface area (TPSA) is 84.5 Å². The quantitative estimate of drug-likeness (QED) is 0.471. The summed E-state index contributed by atoms with van der Waals surface area (Å²) in [4.78, 5) is 28.4. The summed E-state index contributed by atoms with van der Waals surface area (Å²) in [6.45, 7) is 0.190. The smallest absolute Gasteiger partial charge is 0.347 e. The Morgan fingerprint density at radius 1 is 0.939 bits per heavy atom. The summed E-state index contributed by atoms with van der Waals surface area (Å²) in [5.74, 6) is -0.360. The van der Waals surface area contributed by atoms with Crippen molar-refractivity contribution in [2.75, 3.05) is 0 Å². The average molecular weight is 451 g/mol. The average Bonchev–Trinajstić information content (AvgIpc) is 2.82. The molecule has 0 radical (unpaired) electrons. The van der Waals surface area contributed by atoms with E-state index in [1.165, 1.54) is 12.3 Å². The largest absolute Gasteiger partial charge is 0.433 e. The summed E-state index contributed by atoms with van der Waals surface area (Å²) in [6, 6.07) is 9.07. The van der Waals surface area contributed by atoms with E-state index in [1.807, 2.05) is 24.0 Å². The number of rotatable bonds is 5. The van der Waals surface area contributed by atoms with Crippen LogP contribution < -0.4 is 9.88 Å². The molecule has 0 aliphatic heterocycles. The summed E-state index contributed by atoms with van der Waals surface area (Å²) in [5, 5.41) is 2.75. The molecule has 0 saturated carbocycles. The van der Waals surface area contributed by atoms with Crippen molar-refractivity contribution in [3.05, 3.63) is 90.5 Å². The number of amides is 1. The van der Waals surface area contributed by atoms with Gasteiger partial charge < -0.3 is 5.32 Å². The van der Waals surface area contributed by atoms with Crippen LogP contribution in [0, 0.1) is 0 Å². The highest BCUT2D eigenvalue weighted by atomic mass is 19.4. The van der Waals surface area contributed by atoms with Gasteiger partial charge in [-0.25, -0.2) is 9.55 Å². The Balaban J connectivity index is 1.39. The van der Waals surface area contributed by atoms with Gasteiger partial charge in [0.05, 0.1) is 11.9 Å². The molecule has 1 N–H and O–H groups in total. The Morgan fingerprint density at radius 2 is 1.79 bits per heavy atom. The van der Waals surface area contributed by atoms with Crippen LogP contribution in [-0.4, -0.2) is 25.8 Å². The molecule has 10 heteroatoms. The molecule has 166 valence electrons. The zero-order valence-corrected chi connectivity index (χ0v) is 17.4. The monoisotopic (exact) mass is 451 g/mol. The van der Waals surface area contributed by atoms with E-state index in [0.717, 1.165) is 23.5 Å². The lowest BCUT2D eigenvalue weighted by Crippen LogP contribution is -2.27. The Kier molecular flexibility index (Phi) is 6.07. The third kappa shape index (κ3) is 5.35. The van der Waals surface area contributed by atoms with Gasteiger partial charge in [0.25, 0.3) is 5.91 Å². The van der Waals surface area contributed by atoms with E-state index in [2.05, 4.69) is 25.3 Å². The van der Waals surface area contributed by atoms with Gasteiger partial charge in [-0.1, -0.05) is 6.07 Å². The minimum atomic E-state index is -4.53. The van der Waals surface area contributed by atoms with Crippen LogP contribution in [-0.2, 0) is 19.8 Å². The number of aromatic nitrogens is 5. The number of aryl methyl sites for hydroxylation is 1. The van der Waals surface area contributed by atoms with Gasteiger partial charge in [-0.3, -0.25) is 19.7 Å². The summed E-state index contributed by atoms with van der Waals surface area (Å²) in [5.41, 5.74) is 2.16. The molecule has 4 aromatic rings. The lowest BCUT2D eigenvalue weighted by molar-refractivity contribution is -0.671. The summed E-state index contributed by atoms with van der Waals surface area (Å²) < 4.78 is 40.4. The van der Waals surface area contributed by atoms with Gasteiger partial charge in [-0.05, 0) is 35.9 Å². The molecule has 0 unspecified atom stereocenters. The standard InChI is InChI=1S/C23H17F3N6O/c1-32-9-8-27-20(14-32)17-3-5-19(30-13-17)22(33)31-12-15-2-4-18(29-11-15)16-6-7-28-21(10-16)23(24,25)26/h2-11,13-14H,12H2,1H3/p+1. The highest BCUT2D eigenvalue weighted by molar-refractivity contribution is 5.92. The van der Waals surface area contributed by atoms with Crippen molar-refractivity contribution >= 4 is 5.91 Å². The van der Waals surface area contributed by atoms with Crippen molar-refractivity contribution in [3.63, 3.8) is 0 Å². The molecule has 0 atom stereocenters. The predicted molar refractivity (Wildman–Crippen MR) is 112 cm³/mol. The molecule has 0 aromatic carbocycles. The van der Waals surface area contributed by atoms with Gasteiger partial charge >= 0.3 is 6.18 Å². The molecule has 0 bridgehead atoms.